The molecule has 0 saturated carbocycles. The Hall–Kier alpha value is -4.12. The van der Waals surface area contributed by atoms with Crippen molar-refractivity contribution in [2.45, 2.75) is 38.3 Å². The number of piperidine rings is 1. The number of halogens is 1. The van der Waals surface area contributed by atoms with Gasteiger partial charge in [-0.2, -0.15) is 15.6 Å². The predicted molar refractivity (Wildman–Crippen MR) is 116 cm³/mol. The lowest BCUT2D eigenvalue weighted by Crippen LogP contribution is -2.61. The van der Waals surface area contributed by atoms with Gasteiger partial charge in [0, 0.05) is 18.4 Å². The largest absolute Gasteiger partial charge is 0.465 e. The summed E-state index contributed by atoms with van der Waals surface area (Å²) in [4.78, 5) is 25.0. The summed E-state index contributed by atoms with van der Waals surface area (Å²) in [7, 11) is 0. The molecule has 2 heterocycles. The molecule has 1 aliphatic rings. The number of rotatable bonds is 6. The molecule has 2 amide bonds. The fourth-order valence-electron chi connectivity index (χ4n) is 4.40. The number of primary amides is 1. The minimum atomic E-state index is -1.58. The number of carbonyl (C=O) groups is 2. The molecule has 0 bridgehead atoms. The number of amides is 2. The van der Waals surface area contributed by atoms with Crippen LogP contribution in [0.25, 0.3) is 0 Å². The van der Waals surface area contributed by atoms with Crippen LogP contribution in [0.5, 0.6) is 0 Å². The van der Waals surface area contributed by atoms with Crippen molar-refractivity contribution in [3.8, 4) is 12.1 Å². The first-order valence-electron chi connectivity index (χ1n) is 10.4. The van der Waals surface area contributed by atoms with Crippen molar-refractivity contribution in [1.29, 1.82) is 10.5 Å². The van der Waals surface area contributed by atoms with Gasteiger partial charge in [-0.05, 0) is 43.0 Å². The summed E-state index contributed by atoms with van der Waals surface area (Å²) >= 11 is 0. The normalized spacial score (nSPS) is 22.4. The molecule has 33 heavy (non-hydrogen) atoms. The smallest absolute Gasteiger partial charge is 0.408 e. The van der Waals surface area contributed by atoms with E-state index in [0.29, 0.717) is 5.69 Å². The molecule has 0 aliphatic carbocycles. The van der Waals surface area contributed by atoms with Gasteiger partial charge in [-0.15, -0.1) is 0 Å². The van der Waals surface area contributed by atoms with E-state index in [1.807, 2.05) is 13.8 Å². The van der Waals surface area contributed by atoms with Crippen molar-refractivity contribution >= 4 is 23.5 Å². The molecular formula is C22H24FN7O3. The zero-order chi connectivity index (χ0) is 24.3. The van der Waals surface area contributed by atoms with Crippen molar-refractivity contribution in [2.24, 2.45) is 17.6 Å². The van der Waals surface area contributed by atoms with Gasteiger partial charge in [0.1, 0.15) is 17.3 Å². The van der Waals surface area contributed by atoms with Crippen molar-refractivity contribution in [3.05, 3.63) is 41.8 Å². The van der Waals surface area contributed by atoms with Crippen LogP contribution in [0.1, 0.15) is 43.1 Å². The van der Waals surface area contributed by atoms with E-state index in [2.05, 4.69) is 22.6 Å². The molecule has 2 aromatic rings. The Morgan fingerprint density at radius 1 is 1.36 bits per heavy atom. The molecule has 1 unspecified atom stereocenters. The lowest BCUT2D eigenvalue weighted by Gasteiger charge is -2.47. The number of nitrogens with one attached hydrogen (secondary N) is 1. The minimum Gasteiger partial charge on any atom is -0.465 e. The zero-order valence-corrected chi connectivity index (χ0v) is 18.2. The topological polar surface area (TPSA) is 161 Å². The molecule has 0 spiro atoms. The van der Waals surface area contributed by atoms with E-state index < -0.39 is 35.3 Å². The summed E-state index contributed by atoms with van der Waals surface area (Å²) in [5.41, 5.74) is 4.44. The SMILES string of the molecule is CC(C)CC1(C#N)[C@H](C#N)[C@H](n2cc(C(N)=O)c(Nc3ccc(F)cc3)n2)CCN1C(=O)O. The van der Waals surface area contributed by atoms with Gasteiger partial charge in [-0.25, -0.2) is 9.18 Å². The van der Waals surface area contributed by atoms with Gasteiger partial charge in [0.15, 0.2) is 11.4 Å². The van der Waals surface area contributed by atoms with Crippen LogP contribution < -0.4 is 11.1 Å². The summed E-state index contributed by atoms with van der Waals surface area (Å²) < 4.78 is 14.6. The lowest BCUT2D eigenvalue weighted by molar-refractivity contribution is 0.0187. The quantitative estimate of drug-likeness (QED) is 0.605. The Balaban J connectivity index is 2.05. The van der Waals surface area contributed by atoms with E-state index in [1.54, 1.807) is 0 Å². The summed E-state index contributed by atoms with van der Waals surface area (Å²) in [5.74, 6) is -2.19. The first-order valence-corrected chi connectivity index (χ1v) is 10.4. The van der Waals surface area contributed by atoms with E-state index >= 15 is 0 Å². The Morgan fingerprint density at radius 3 is 2.55 bits per heavy atom. The second-order valence-electron chi connectivity index (χ2n) is 8.40. The average Bonchev–Trinajstić information content (AvgIpc) is 3.18. The number of aromatic nitrogens is 2. The predicted octanol–water partition coefficient (Wildman–Crippen LogP) is 3.24. The Bertz CT molecular complexity index is 1130. The van der Waals surface area contributed by atoms with Crippen LogP contribution in [-0.2, 0) is 0 Å². The molecule has 0 radical (unpaired) electrons. The summed E-state index contributed by atoms with van der Waals surface area (Å²) in [6.07, 6.45) is 0.488. The highest BCUT2D eigenvalue weighted by Crippen LogP contribution is 2.44. The van der Waals surface area contributed by atoms with Crippen LogP contribution in [0.2, 0.25) is 0 Å². The highest BCUT2D eigenvalue weighted by Gasteiger charge is 2.54. The minimum absolute atomic E-state index is 0.0188. The van der Waals surface area contributed by atoms with Gasteiger partial charge < -0.3 is 16.2 Å². The number of benzene rings is 1. The van der Waals surface area contributed by atoms with Crippen LogP contribution in [0.3, 0.4) is 0 Å². The molecule has 3 atom stereocenters. The highest BCUT2D eigenvalue weighted by atomic mass is 19.1. The number of carboxylic acid groups (broad SMARTS) is 1. The zero-order valence-electron chi connectivity index (χ0n) is 18.2. The Labute approximate surface area is 190 Å². The second kappa shape index (κ2) is 9.17. The standard InChI is InChI=1S/C22H24FN7O3/c1-13(2)9-22(12-25)17(10-24)18(7-8-29(22)21(32)33)30-11-16(19(26)31)20(28-30)27-15-5-3-14(23)4-6-15/h3-6,11,13,17-18H,7-9H2,1-2H3,(H2,26,31)(H,27,28)(H,32,33)/t17-,18-,22?/m1/s1. The second-order valence-corrected chi connectivity index (χ2v) is 8.40. The maximum atomic E-state index is 13.2. The van der Waals surface area contributed by atoms with Crippen molar-refractivity contribution in [1.82, 2.24) is 14.7 Å². The molecule has 1 aromatic carbocycles. The van der Waals surface area contributed by atoms with E-state index in [9.17, 15) is 29.6 Å². The van der Waals surface area contributed by atoms with Crippen molar-refractivity contribution in [3.63, 3.8) is 0 Å². The van der Waals surface area contributed by atoms with Gasteiger partial charge in [-0.1, -0.05) is 13.8 Å². The number of nitrogens with zero attached hydrogens (tertiary/aromatic N) is 5. The van der Waals surface area contributed by atoms with E-state index in [-0.39, 0.29) is 36.7 Å². The number of likely N-dealkylation sites (tertiary alicyclic amines) is 1. The third-order valence-corrected chi connectivity index (χ3v) is 5.76. The number of anilines is 2. The number of nitriles is 2. The number of hydrogen-bond acceptors (Lipinski definition) is 6. The lowest BCUT2D eigenvalue weighted by atomic mass is 9.71. The first kappa shape index (κ1) is 23.5. The summed E-state index contributed by atoms with van der Waals surface area (Å²) in [5, 5.41) is 37.2. The van der Waals surface area contributed by atoms with Crippen molar-refractivity contribution < 1.29 is 19.1 Å². The first-order chi connectivity index (χ1) is 15.6. The van der Waals surface area contributed by atoms with E-state index in [1.165, 1.54) is 35.1 Å². The van der Waals surface area contributed by atoms with Crippen molar-refractivity contribution in [2.75, 3.05) is 11.9 Å². The summed E-state index contributed by atoms with van der Waals surface area (Å²) in [6.45, 7) is 3.72. The van der Waals surface area contributed by atoms with Gasteiger partial charge in [0.05, 0.1) is 18.2 Å². The Kier molecular flexibility index (Phi) is 6.54. The number of carbonyl (C=O) groups excluding carboxylic acids is 1. The number of hydrogen-bond donors (Lipinski definition) is 3. The molecule has 10 nitrogen and oxygen atoms in total. The monoisotopic (exact) mass is 453 g/mol. The molecule has 1 aromatic heterocycles. The van der Waals surface area contributed by atoms with Crippen LogP contribution in [0, 0.1) is 40.3 Å². The molecule has 4 N–H and O–H groups in total. The van der Waals surface area contributed by atoms with Gasteiger partial charge in [0.25, 0.3) is 5.91 Å². The Morgan fingerprint density at radius 2 is 2.03 bits per heavy atom. The third-order valence-electron chi connectivity index (χ3n) is 5.76. The third kappa shape index (κ3) is 4.44. The van der Waals surface area contributed by atoms with Crippen LogP contribution in [0.4, 0.5) is 20.7 Å². The highest BCUT2D eigenvalue weighted by molar-refractivity contribution is 5.98. The maximum absolute atomic E-state index is 13.2. The van der Waals surface area contributed by atoms with E-state index in [0.717, 1.165) is 4.90 Å². The summed E-state index contributed by atoms with van der Waals surface area (Å²) in [6, 6.07) is 8.97. The van der Waals surface area contributed by atoms with Crippen LogP contribution >= 0.6 is 0 Å². The molecule has 172 valence electrons. The fourth-order valence-corrected chi connectivity index (χ4v) is 4.40. The number of nitrogens with two attached hydrogens (primary N) is 1. The molecule has 1 aliphatic heterocycles. The molecule has 11 heteroatoms. The van der Waals surface area contributed by atoms with Gasteiger partial charge in [-0.3, -0.25) is 14.4 Å². The molecule has 1 fully saturated rings. The molecule has 3 rings (SSSR count). The molecule has 1 saturated heterocycles. The average molecular weight is 453 g/mol. The van der Waals surface area contributed by atoms with Gasteiger partial charge in [0.2, 0.25) is 0 Å². The fraction of sp³-hybridized carbons (Fsp3) is 0.409. The van der Waals surface area contributed by atoms with Crippen LogP contribution in [0.15, 0.2) is 30.5 Å². The van der Waals surface area contributed by atoms with E-state index in [4.69, 9.17) is 5.73 Å². The molecular weight excluding hydrogens is 429 g/mol. The van der Waals surface area contributed by atoms with Crippen LogP contribution in [-0.4, -0.2) is 43.9 Å². The van der Waals surface area contributed by atoms with Gasteiger partial charge >= 0.3 is 6.09 Å². The maximum Gasteiger partial charge on any atom is 0.408 e.